The fraction of sp³-hybridized carbons (Fsp3) is 0.480. The van der Waals surface area contributed by atoms with Crippen LogP contribution in [0.25, 0.3) is 129 Å². The first-order valence-electron chi connectivity index (χ1n) is 60.8. The summed E-state index contributed by atoms with van der Waals surface area (Å²) in [5.41, 5.74) is 7.79. The van der Waals surface area contributed by atoms with Gasteiger partial charge in [0.05, 0.1) is 0 Å². The summed E-state index contributed by atoms with van der Waals surface area (Å²) in [4.78, 5) is 0. The molecule has 13 aromatic rings. The minimum absolute atomic E-state index is 0.714. The molecule has 0 aromatic heterocycles. The molecule has 0 atom stereocenters. The van der Waals surface area contributed by atoms with Gasteiger partial charge < -0.3 is 0 Å². The smallest absolute Gasteiger partial charge is 0.0419 e. The van der Waals surface area contributed by atoms with Crippen LogP contribution in [0.3, 0.4) is 0 Å². The van der Waals surface area contributed by atoms with Crippen LogP contribution in [-0.2, 0) is 38.5 Å². The van der Waals surface area contributed by atoms with Gasteiger partial charge in [-0.25, -0.2) is 0 Å². The fourth-order valence-electron chi connectivity index (χ4n) is 21.3. The summed E-state index contributed by atoms with van der Waals surface area (Å²) in [6.07, 6.45) is 84.2. The van der Waals surface area contributed by atoms with E-state index in [0.717, 1.165) is 174 Å². The van der Waals surface area contributed by atoms with Crippen molar-refractivity contribution >= 4 is 129 Å². The van der Waals surface area contributed by atoms with Crippen molar-refractivity contribution in [3.8, 4) is 0 Å². The third-order valence-electron chi connectivity index (χ3n) is 30.9. The minimum atomic E-state index is 0.714. The Morgan fingerprint density at radius 3 is 0.287 bits per heavy atom. The van der Waals surface area contributed by atoms with Crippen LogP contribution in [-0.4, -0.2) is 0 Å². The zero-order chi connectivity index (χ0) is 104. The van der Waals surface area contributed by atoms with E-state index >= 15 is 0 Å². The topological polar surface area (TPSA) is 0 Å². The van der Waals surface area contributed by atoms with Crippen LogP contribution < -0.4 is 0 Å². The Balaban J connectivity index is 0.992. The lowest BCUT2D eigenvalue weighted by Crippen LogP contribution is -1.87. The van der Waals surface area contributed by atoms with Crippen LogP contribution in [0.2, 0.25) is 0 Å². The molecule has 0 radical (unpaired) electrons. The van der Waals surface area contributed by atoms with E-state index in [9.17, 15) is 0 Å². The fourth-order valence-corrected chi connectivity index (χ4v) is 21.3. The highest BCUT2D eigenvalue weighted by Crippen LogP contribution is 2.30. The summed E-state index contributed by atoms with van der Waals surface area (Å²) in [5.74, 6) is 0. The molecule has 0 amide bonds. The number of fused-ring (bicyclic) bond motifs is 12. The Morgan fingerprint density at radius 1 is 0.0933 bits per heavy atom. The molecule has 150 heavy (non-hydrogen) atoms. The van der Waals surface area contributed by atoms with Gasteiger partial charge in [0.15, 0.2) is 0 Å². The molecule has 0 aliphatic carbocycles. The number of hydrogen-bond donors (Lipinski definition) is 0. The Morgan fingerprint density at radius 2 is 0.180 bits per heavy atom. The Labute approximate surface area is 912 Å². The molecular formula is C150H174. The molecule has 0 saturated carbocycles. The standard InChI is InChI=1S/C150H174/c1-7-13-19-25-31-37-43-49-55-61-67-121-73-79-127-85-91-139-115-145-103-104-147-117-141-93-87-129-81-75-123(69-63-57-51-45-39-33-27-21-15-9-3)111-135(129)99-100-137-113-125(71-65-59-53-47-41-35-29-23-17-11-5)77-83-131(137)89-95-143(141)119-149(147)107-108-150-120-144-96-90-132-84-78-126(72-66-60-54-48-42-36-30-24-18-12-6)114-138(132)102-101-136-112-124(70-64-58-52-46-40-34-28-22-16-10-4)76-82-130(136)88-94-142(144)118-148(150)106-105-146(145)116-140(139)92-86-128-80-74-122(110-134(128)98-97-133(127)109-121)68-62-56-50-44-38-32-26-20-14-8-2/h73-84,109-120H,7-72H2,1-6H3. The highest BCUT2D eigenvalue weighted by molar-refractivity contribution is 6.00. The predicted molar refractivity (Wildman–Crippen MR) is 648 cm³/mol. The van der Waals surface area contributed by atoms with Crippen molar-refractivity contribution < 1.29 is 0 Å². The van der Waals surface area contributed by atoms with Gasteiger partial charge in [0.25, 0.3) is 0 Å². The molecule has 0 N–H and O–H groups in total. The van der Waals surface area contributed by atoms with Crippen LogP contribution >= 0.6 is 0 Å². The van der Waals surface area contributed by atoms with Crippen molar-refractivity contribution in [1.82, 2.24) is 0 Å². The molecule has 0 spiro atoms. The molecular weight excluding hydrogens is 1800 g/mol. The van der Waals surface area contributed by atoms with Crippen molar-refractivity contribution in [2.75, 3.05) is 0 Å². The van der Waals surface area contributed by atoms with Gasteiger partial charge in [-0.3, -0.25) is 0 Å². The van der Waals surface area contributed by atoms with E-state index in [2.05, 4.69) is 333 Å². The van der Waals surface area contributed by atoms with Crippen molar-refractivity contribution in [1.29, 1.82) is 0 Å². The second-order valence-corrected chi connectivity index (χ2v) is 43.7. The molecule has 0 saturated heterocycles. The average molecular weight is 1980 g/mol. The molecule has 0 aliphatic heterocycles. The summed E-state index contributed by atoms with van der Waals surface area (Å²) in [6.45, 7) is 13.8. The molecule has 13 aromatic carbocycles. The van der Waals surface area contributed by atoms with E-state index in [-0.39, 0.29) is 0 Å². The number of rotatable bonds is 66. The quantitative estimate of drug-likeness (QED) is 0.0333. The third kappa shape index (κ3) is 40.8. The zero-order valence-electron chi connectivity index (χ0n) is 93.5. The monoisotopic (exact) mass is 1980 g/mol. The summed E-state index contributed by atoms with van der Waals surface area (Å²) >= 11 is 0. The van der Waals surface area contributed by atoms with E-state index < -0.39 is 0 Å². The van der Waals surface area contributed by atoms with E-state index in [1.165, 1.54) is 380 Å². The lowest BCUT2D eigenvalue weighted by molar-refractivity contribution is 0.556. The Hall–Kier alpha value is -12.3. The molecule has 0 nitrogen and oxygen atoms in total. The summed E-state index contributed by atoms with van der Waals surface area (Å²) in [5, 5.41) is 19.8. The second-order valence-electron chi connectivity index (χ2n) is 43.7. The molecule has 0 heterocycles. The molecule has 13 rings (SSSR count). The van der Waals surface area contributed by atoms with E-state index in [4.69, 9.17) is 0 Å². The van der Waals surface area contributed by atoms with Crippen molar-refractivity contribution in [3.05, 3.63) is 325 Å². The van der Waals surface area contributed by atoms with Crippen LogP contribution in [0, 0.1) is 146 Å². The minimum Gasteiger partial charge on any atom is -0.0654 e. The predicted octanol–water partition coefficient (Wildman–Crippen LogP) is 44.3. The first kappa shape index (κ1) is 115. The number of aryl methyl sites for hydroxylation is 6. The SMILES string of the molecule is CCCCCCCCCCCCc1ccc2c#cc3cc4c#cc5cc6c#cc7ccc(CCCCCCCCCCCC)cc7c#cc7cc(CCCCCCCCCCCC)ccc7c#cc6cc5c#cc5cc6c#cc7ccc(CCCCCCCCCCCC)cc7c#cc7cc(CCCCCCCCCCCC)ccc7c#cc6cc5c#cc4cc3c#cc3ccc(CCCCCCCCCCCC)cc3c#cc2c1. The first-order valence-corrected chi connectivity index (χ1v) is 60.8. The molecule has 0 fully saturated rings. The van der Waals surface area contributed by atoms with Crippen molar-refractivity contribution in [2.45, 2.75) is 465 Å². The summed E-state index contributed by atoms with van der Waals surface area (Å²) in [7, 11) is 0. The lowest BCUT2D eigenvalue weighted by Gasteiger charge is -2.04. The van der Waals surface area contributed by atoms with Crippen molar-refractivity contribution in [2.24, 2.45) is 0 Å². The largest absolute Gasteiger partial charge is 0.0654 e. The maximum Gasteiger partial charge on any atom is 0.0419 e. The normalized spacial score (nSPS) is 10.9. The number of hydrogen-bond acceptors (Lipinski definition) is 0. The van der Waals surface area contributed by atoms with Gasteiger partial charge in [0.1, 0.15) is 0 Å². The van der Waals surface area contributed by atoms with Crippen molar-refractivity contribution in [3.63, 3.8) is 0 Å². The third-order valence-corrected chi connectivity index (χ3v) is 30.9. The van der Waals surface area contributed by atoms with Crippen LogP contribution in [0.1, 0.15) is 460 Å². The van der Waals surface area contributed by atoms with Crippen LogP contribution in [0.4, 0.5) is 0 Å². The highest BCUT2D eigenvalue weighted by Gasteiger charge is 2.10. The molecule has 0 bridgehead atoms. The summed E-state index contributed by atoms with van der Waals surface area (Å²) < 4.78 is 0. The second kappa shape index (κ2) is 68.5. The zero-order valence-corrected chi connectivity index (χ0v) is 93.5. The Kier molecular flexibility index (Phi) is 52.4. The van der Waals surface area contributed by atoms with Gasteiger partial charge in [-0.1, -0.05) is 570 Å². The van der Waals surface area contributed by atoms with E-state index in [1.54, 1.807) is 0 Å². The van der Waals surface area contributed by atoms with Gasteiger partial charge in [-0.15, -0.1) is 0 Å². The average Bonchev–Trinajstić information content (AvgIpc) is 0.790. The van der Waals surface area contributed by atoms with Crippen LogP contribution in [0.15, 0.2) is 146 Å². The van der Waals surface area contributed by atoms with Gasteiger partial charge in [0.2, 0.25) is 0 Å². The Bertz CT molecular complexity index is 5610. The maximum absolute atomic E-state index is 3.78. The molecule has 0 unspecified atom stereocenters. The highest BCUT2D eigenvalue weighted by atomic mass is 14.1. The van der Waals surface area contributed by atoms with Crippen LogP contribution in [0.5, 0.6) is 0 Å². The van der Waals surface area contributed by atoms with Gasteiger partial charge >= 0.3 is 0 Å². The van der Waals surface area contributed by atoms with Gasteiger partial charge in [-0.05, 0) is 220 Å². The molecule has 0 heteroatoms. The van der Waals surface area contributed by atoms with Gasteiger partial charge in [0, 0.05) is 129 Å². The molecule has 774 valence electrons. The molecule has 0 aliphatic rings. The maximum atomic E-state index is 3.78. The van der Waals surface area contributed by atoms with Gasteiger partial charge in [-0.2, -0.15) is 0 Å². The van der Waals surface area contributed by atoms with E-state index in [0.29, 0.717) is 32.3 Å². The van der Waals surface area contributed by atoms with E-state index in [1.807, 2.05) is 0 Å². The first-order chi connectivity index (χ1) is 74.2. The lowest BCUT2D eigenvalue weighted by atomic mass is 10.0. The number of benzene rings is 9. The summed E-state index contributed by atoms with van der Waals surface area (Å²) in [6, 6.07) is 143. The number of unbranched alkanes of at least 4 members (excludes halogenated alkanes) is 54.